The van der Waals surface area contributed by atoms with Crippen molar-refractivity contribution in [3.05, 3.63) is 36.0 Å². The number of nitrogens with zero attached hydrogens (tertiary/aromatic N) is 2. The van der Waals surface area contributed by atoms with E-state index in [-0.39, 0.29) is 5.91 Å². The number of amides is 1. The number of hydrogen-bond acceptors (Lipinski definition) is 4. The molecule has 1 heterocycles. The van der Waals surface area contributed by atoms with E-state index in [0.29, 0.717) is 18.1 Å². The number of pyridine rings is 1. The van der Waals surface area contributed by atoms with E-state index in [0.717, 1.165) is 30.4 Å². The number of carbonyl (C=O) groups excluding carboxylic acids is 1. The maximum Gasteiger partial charge on any atom is 0.270 e. The summed E-state index contributed by atoms with van der Waals surface area (Å²) in [5.74, 6) is 0.210. The highest BCUT2D eigenvalue weighted by molar-refractivity contribution is 5.99. The Morgan fingerprint density at radius 2 is 2.00 bits per heavy atom. The van der Waals surface area contributed by atoms with Gasteiger partial charge in [-0.3, -0.25) is 4.79 Å². The molecule has 0 bridgehead atoms. The van der Waals surface area contributed by atoms with Gasteiger partial charge in [0, 0.05) is 18.5 Å². The summed E-state index contributed by atoms with van der Waals surface area (Å²) < 4.78 is 0. The van der Waals surface area contributed by atoms with E-state index in [1.807, 2.05) is 24.3 Å². The van der Waals surface area contributed by atoms with Crippen LogP contribution in [0.1, 0.15) is 24.3 Å². The average molecular weight is 286 g/mol. The number of carbonyl (C=O) groups is 1. The lowest BCUT2D eigenvalue weighted by Gasteiger charge is -2.17. The van der Waals surface area contributed by atoms with Gasteiger partial charge in [0.05, 0.1) is 0 Å². The van der Waals surface area contributed by atoms with Crippen molar-refractivity contribution in [3.8, 4) is 0 Å². The van der Waals surface area contributed by atoms with Crippen LogP contribution in [-0.4, -0.2) is 42.0 Å². The molecule has 0 atom stereocenters. The third-order valence-electron chi connectivity index (χ3n) is 3.61. The Morgan fingerprint density at radius 3 is 2.71 bits per heavy atom. The maximum absolute atomic E-state index is 12.2. The number of rotatable bonds is 6. The number of aromatic nitrogens is 1. The largest absolute Gasteiger partial charge is 0.383 e. The molecule has 0 radical (unpaired) electrons. The van der Waals surface area contributed by atoms with E-state index < -0.39 is 0 Å². The summed E-state index contributed by atoms with van der Waals surface area (Å²) in [4.78, 5) is 18.6. The highest BCUT2D eigenvalue weighted by Gasteiger charge is 2.10. The maximum atomic E-state index is 12.2. The highest BCUT2D eigenvalue weighted by Crippen LogP contribution is 2.19. The Hall–Kier alpha value is -2.14. The minimum Gasteiger partial charge on any atom is -0.383 e. The van der Waals surface area contributed by atoms with Crippen molar-refractivity contribution in [2.45, 2.75) is 13.8 Å². The SMILES string of the molecule is CCN(CC)CCNC(=O)c1cc2ccccc2c(N)n1. The topological polar surface area (TPSA) is 71.2 Å². The van der Waals surface area contributed by atoms with Crippen LogP contribution in [-0.2, 0) is 0 Å². The number of anilines is 1. The van der Waals surface area contributed by atoms with E-state index in [1.54, 1.807) is 6.07 Å². The molecule has 0 saturated carbocycles. The molecule has 0 aliphatic carbocycles. The van der Waals surface area contributed by atoms with Gasteiger partial charge in [0.2, 0.25) is 0 Å². The number of hydrogen-bond donors (Lipinski definition) is 2. The summed E-state index contributed by atoms with van der Waals surface area (Å²) in [7, 11) is 0. The molecule has 0 aliphatic heterocycles. The normalized spacial score (nSPS) is 11.0. The van der Waals surface area contributed by atoms with Crippen LogP contribution < -0.4 is 11.1 Å². The first-order valence-corrected chi connectivity index (χ1v) is 7.31. The van der Waals surface area contributed by atoms with Gasteiger partial charge >= 0.3 is 0 Å². The van der Waals surface area contributed by atoms with Gasteiger partial charge in [0.1, 0.15) is 11.5 Å². The van der Waals surface area contributed by atoms with Crippen molar-refractivity contribution in [3.63, 3.8) is 0 Å². The molecule has 0 unspecified atom stereocenters. The number of nitrogens with one attached hydrogen (secondary N) is 1. The quantitative estimate of drug-likeness (QED) is 0.850. The third kappa shape index (κ3) is 3.70. The fourth-order valence-corrected chi connectivity index (χ4v) is 2.30. The lowest BCUT2D eigenvalue weighted by atomic mass is 10.1. The Kier molecular flexibility index (Phi) is 5.11. The van der Waals surface area contributed by atoms with Crippen LogP contribution in [0.25, 0.3) is 10.8 Å². The van der Waals surface area contributed by atoms with Gasteiger partial charge in [-0.15, -0.1) is 0 Å². The van der Waals surface area contributed by atoms with Crippen molar-refractivity contribution in [2.75, 3.05) is 31.9 Å². The number of benzene rings is 1. The van der Waals surface area contributed by atoms with Gasteiger partial charge in [-0.2, -0.15) is 0 Å². The standard InChI is InChI=1S/C16H22N4O/c1-3-20(4-2)10-9-18-16(21)14-11-12-7-5-6-8-13(12)15(17)19-14/h5-8,11H,3-4,9-10H2,1-2H3,(H2,17,19)(H,18,21). The molecule has 0 fully saturated rings. The number of nitrogens with two attached hydrogens (primary N) is 1. The summed E-state index contributed by atoms with van der Waals surface area (Å²) in [5.41, 5.74) is 6.28. The van der Waals surface area contributed by atoms with E-state index in [1.165, 1.54) is 0 Å². The van der Waals surface area contributed by atoms with Crippen LogP contribution in [0, 0.1) is 0 Å². The molecule has 3 N–H and O–H groups in total. The molecule has 1 aromatic carbocycles. The van der Waals surface area contributed by atoms with E-state index in [9.17, 15) is 4.79 Å². The summed E-state index contributed by atoms with van der Waals surface area (Å²) in [6.07, 6.45) is 0. The minimum atomic E-state index is -0.181. The van der Waals surface area contributed by atoms with Crippen molar-refractivity contribution in [1.82, 2.24) is 15.2 Å². The summed E-state index contributed by atoms with van der Waals surface area (Å²) in [5, 5.41) is 4.69. The molecule has 112 valence electrons. The summed E-state index contributed by atoms with van der Waals surface area (Å²) >= 11 is 0. The van der Waals surface area contributed by atoms with Crippen molar-refractivity contribution >= 4 is 22.5 Å². The van der Waals surface area contributed by atoms with Crippen LogP contribution in [0.5, 0.6) is 0 Å². The van der Waals surface area contributed by atoms with E-state index in [2.05, 4.69) is 29.0 Å². The Bertz CT molecular complexity index is 623. The lowest BCUT2D eigenvalue weighted by molar-refractivity contribution is 0.0944. The monoisotopic (exact) mass is 286 g/mol. The second-order valence-corrected chi connectivity index (χ2v) is 4.90. The van der Waals surface area contributed by atoms with Crippen LogP contribution >= 0.6 is 0 Å². The van der Waals surface area contributed by atoms with Gasteiger partial charge in [-0.1, -0.05) is 38.1 Å². The number of nitrogen functional groups attached to an aromatic ring is 1. The predicted molar refractivity (Wildman–Crippen MR) is 86.3 cm³/mol. The number of fused-ring (bicyclic) bond motifs is 1. The lowest BCUT2D eigenvalue weighted by Crippen LogP contribution is -2.35. The van der Waals surface area contributed by atoms with Crippen LogP contribution in [0.3, 0.4) is 0 Å². The van der Waals surface area contributed by atoms with E-state index in [4.69, 9.17) is 5.73 Å². The van der Waals surface area contributed by atoms with Crippen LogP contribution in [0.2, 0.25) is 0 Å². The van der Waals surface area contributed by atoms with Gasteiger partial charge in [-0.25, -0.2) is 4.98 Å². The molecular formula is C16H22N4O. The zero-order valence-corrected chi connectivity index (χ0v) is 12.6. The fraction of sp³-hybridized carbons (Fsp3) is 0.375. The van der Waals surface area contributed by atoms with E-state index >= 15 is 0 Å². The first-order valence-electron chi connectivity index (χ1n) is 7.31. The summed E-state index contributed by atoms with van der Waals surface area (Å²) in [6, 6.07) is 9.44. The molecule has 1 aromatic heterocycles. The molecule has 5 heteroatoms. The molecule has 0 spiro atoms. The average Bonchev–Trinajstić information content (AvgIpc) is 2.51. The molecule has 0 saturated heterocycles. The second-order valence-electron chi connectivity index (χ2n) is 4.90. The predicted octanol–water partition coefficient (Wildman–Crippen LogP) is 1.89. The molecular weight excluding hydrogens is 264 g/mol. The zero-order valence-electron chi connectivity index (χ0n) is 12.6. The highest BCUT2D eigenvalue weighted by atomic mass is 16.1. The van der Waals surface area contributed by atoms with Crippen molar-refractivity contribution in [1.29, 1.82) is 0 Å². The molecule has 2 aromatic rings. The van der Waals surface area contributed by atoms with Crippen molar-refractivity contribution < 1.29 is 4.79 Å². The molecule has 1 amide bonds. The summed E-state index contributed by atoms with van der Waals surface area (Å²) in [6.45, 7) is 7.62. The van der Waals surface area contributed by atoms with Gasteiger partial charge in [-0.05, 0) is 24.5 Å². The third-order valence-corrected chi connectivity index (χ3v) is 3.61. The first-order chi connectivity index (χ1) is 10.2. The second kappa shape index (κ2) is 7.04. The van der Waals surface area contributed by atoms with Crippen molar-refractivity contribution in [2.24, 2.45) is 0 Å². The Morgan fingerprint density at radius 1 is 1.29 bits per heavy atom. The fourth-order valence-electron chi connectivity index (χ4n) is 2.30. The van der Waals surface area contributed by atoms with Gasteiger partial charge < -0.3 is 16.0 Å². The van der Waals surface area contributed by atoms with Gasteiger partial charge in [0.15, 0.2) is 0 Å². The van der Waals surface area contributed by atoms with Crippen LogP contribution in [0.4, 0.5) is 5.82 Å². The molecule has 0 aliphatic rings. The zero-order chi connectivity index (χ0) is 15.2. The first kappa shape index (κ1) is 15.3. The minimum absolute atomic E-state index is 0.181. The Labute approximate surface area is 125 Å². The van der Waals surface area contributed by atoms with Crippen LogP contribution in [0.15, 0.2) is 30.3 Å². The Balaban J connectivity index is 2.06. The number of likely N-dealkylation sites (N-methyl/N-ethyl adjacent to an activating group) is 1. The smallest absolute Gasteiger partial charge is 0.270 e. The molecule has 21 heavy (non-hydrogen) atoms. The van der Waals surface area contributed by atoms with Gasteiger partial charge in [0.25, 0.3) is 5.91 Å². The molecule has 2 rings (SSSR count). The molecule has 5 nitrogen and oxygen atoms in total.